The van der Waals surface area contributed by atoms with E-state index in [2.05, 4.69) is 64.5 Å². The lowest BCUT2D eigenvalue weighted by Gasteiger charge is -2.72. The van der Waals surface area contributed by atoms with Gasteiger partial charge in [-0.2, -0.15) is 0 Å². The van der Waals surface area contributed by atoms with E-state index in [1.165, 1.54) is 36.8 Å². The number of aromatic nitrogens is 1. The molecule has 1 aromatic heterocycles. The topological polar surface area (TPSA) is 79.3 Å². The molecule has 4 fully saturated rings. The molecular formula is C41H54N2O3S. The number of carboxylic acids is 1. The molecule has 5 aliphatic rings. The molecule has 47 heavy (non-hydrogen) atoms. The van der Waals surface area contributed by atoms with Gasteiger partial charge in [0.2, 0.25) is 5.91 Å². The average molecular weight is 655 g/mol. The fraction of sp³-hybridized carbons (Fsp3) is 0.634. The molecule has 6 heteroatoms. The summed E-state index contributed by atoms with van der Waals surface area (Å²) in [7, 11) is 0. The van der Waals surface area contributed by atoms with Crippen molar-refractivity contribution < 1.29 is 14.7 Å². The predicted molar refractivity (Wildman–Crippen MR) is 190 cm³/mol. The quantitative estimate of drug-likeness (QED) is 0.304. The van der Waals surface area contributed by atoms with Crippen molar-refractivity contribution in [2.45, 2.75) is 106 Å². The number of allylic oxidation sites excluding steroid dienone is 3. The first kappa shape index (κ1) is 32.8. The summed E-state index contributed by atoms with van der Waals surface area (Å²) in [6, 6.07) is 7.54. The van der Waals surface area contributed by atoms with Crippen LogP contribution < -0.4 is 5.32 Å². The zero-order valence-electron chi connectivity index (χ0n) is 29.3. The second kappa shape index (κ2) is 11.1. The number of rotatable bonds is 6. The lowest BCUT2D eigenvalue weighted by Crippen LogP contribution is -2.66. The Morgan fingerprint density at radius 3 is 2.36 bits per heavy atom. The number of aromatic carboxylic acids is 1. The van der Waals surface area contributed by atoms with E-state index in [1.807, 2.05) is 23.7 Å². The van der Waals surface area contributed by atoms with Crippen molar-refractivity contribution in [2.24, 2.45) is 56.7 Å². The maximum absolute atomic E-state index is 14.3. The molecule has 9 unspecified atom stereocenters. The van der Waals surface area contributed by atoms with Crippen LogP contribution in [0.2, 0.25) is 0 Å². The van der Waals surface area contributed by atoms with E-state index in [0.717, 1.165) is 42.7 Å². The van der Waals surface area contributed by atoms with Gasteiger partial charge in [-0.3, -0.25) is 4.79 Å². The minimum atomic E-state index is -0.875. The van der Waals surface area contributed by atoms with Crippen molar-refractivity contribution in [1.82, 2.24) is 10.3 Å². The number of amides is 1. The Morgan fingerprint density at radius 1 is 0.957 bits per heavy atom. The smallest absolute Gasteiger partial charge is 0.335 e. The number of hydrogen-bond donors (Lipinski definition) is 2. The summed E-state index contributed by atoms with van der Waals surface area (Å²) < 4.78 is 0. The summed E-state index contributed by atoms with van der Waals surface area (Å²) in [6.07, 6.45) is 14.4. The average Bonchev–Trinajstić information content (AvgIpc) is 3.69. The highest BCUT2D eigenvalue weighted by atomic mass is 32.1. The van der Waals surface area contributed by atoms with E-state index in [-0.39, 0.29) is 33.0 Å². The van der Waals surface area contributed by atoms with Gasteiger partial charge >= 0.3 is 5.97 Å². The van der Waals surface area contributed by atoms with Gasteiger partial charge in [0.25, 0.3) is 0 Å². The maximum atomic E-state index is 14.3. The van der Waals surface area contributed by atoms with E-state index in [0.29, 0.717) is 41.7 Å². The lowest BCUT2D eigenvalue weighted by atomic mass is 9.32. The van der Waals surface area contributed by atoms with Crippen LogP contribution in [-0.2, 0) is 11.3 Å². The van der Waals surface area contributed by atoms with Gasteiger partial charge in [0.1, 0.15) is 5.01 Å². The molecule has 252 valence electrons. The van der Waals surface area contributed by atoms with E-state index in [9.17, 15) is 14.7 Å². The van der Waals surface area contributed by atoms with E-state index >= 15 is 0 Å². The normalized spacial score (nSPS) is 40.2. The van der Waals surface area contributed by atoms with Gasteiger partial charge in [-0.15, -0.1) is 11.3 Å². The minimum absolute atomic E-state index is 0.00937. The van der Waals surface area contributed by atoms with Crippen LogP contribution >= 0.6 is 11.3 Å². The summed E-state index contributed by atoms with van der Waals surface area (Å²) in [5.74, 6) is 1.83. The first-order valence-electron chi connectivity index (χ1n) is 18.1. The largest absolute Gasteiger partial charge is 0.478 e. The number of thiazole rings is 1. The van der Waals surface area contributed by atoms with Crippen molar-refractivity contribution in [1.29, 1.82) is 0 Å². The van der Waals surface area contributed by atoms with Gasteiger partial charge in [-0.1, -0.05) is 65.0 Å². The molecule has 2 N–H and O–H groups in total. The zero-order valence-corrected chi connectivity index (χ0v) is 30.1. The minimum Gasteiger partial charge on any atom is -0.478 e. The third-order valence-corrected chi connectivity index (χ3v) is 16.2. The lowest BCUT2D eigenvalue weighted by molar-refractivity contribution is -0.225. The van der Waals surface area contributed by atoms with Crippen LogP contribution in [0.4, 0.5) is 0 Å². The molecule has 5 nitrogen and oxygen atoms in total. The molecule has 4 saturated carbocycles. The number of fused-ring (bicyclic) bond motifs is 7. The first-order valence-corrected chi connectivity index (χ1v) is 18.9. The summed E-state index contributed by atoms with van der Waals surface area (Å²) in [4.78, 5) is 30.3. The summed E-state index contributed by atoms with van der Waals surface area (Å²) in [5.41, 5.74) is 4.40. The molecule has 9 atom stereocenters. The monoisotopic (exact) mass is 654 g/mol. The van der Waals surface area contributed by atoms with Crippen LogP contribution in [0.25, 0.3) is 5.57 Å². The number of carboxylic acid groups (broad SMARTS) is 1. The number of carbonyl (C=O) groups is 2. The number of hydrogen-bond acceptors (Lipinski definition) is 4. The molecule has 7 rings (SSSR count). The fourth-order valence-electron chi connectivity index (χ4n) is 13.1. The first-order chi connectivity index (χ1) is 22.2. The molecule has 1 heterocycles. The molecular weight excluding hydrogens is 601 g/mol. The molecule has 2 aromatic rings. The van der Waals surface area contributed by atoms with E-state index in [4.69, 9.17) is 0 Å². The number of benzene rings is 1. The van der Waals surface area contributed by atoms with Gasteiger partial charge < -0.3 is 10.4 Å². The Labute approximate surface area is 285 Å². The molecule has 0 spiro atoms. The Hall–Kier alpha value is -2.73. The zero-order chi connectivity index (χ0) is 33.6. The van der Waals surface area contributed by atoms with Crippen molar-refractivity contribution in [3.63, 3.8) is 0 Å². The summed E-state index contributed by atoms with van der Waals surface area (Å²) >= 11 is 1.61. The second-order valence-electron chi connectivity index (χ2n) is 17.4. The fourth-order valence-corrected chi connectivity index (χ4v) is 13.7. The third kappa shape index (κ3) is 4.62. The molecule has 0 saturated heterocycles. The van der Waals surface area contributed by atoms with E-state index in [1.54, 1.807) is 23.5 Å². The van der Waals surface area contributed by atoms with Crippen LogP contribution in [0, 0.1) is 56.7 Å². The van der Waals surface area contributed by atoms with Crippen LogP contribution in [-0.4, -0.2) is 22.0 Å². The van der Waals surface area contributed by atoms with Crippen molar-refractivity contribution in [2.75, 3.05) is 0 Å². The Kier molecular flexibility index (Phi) is 7.78. The molecule has 1 aromatic carbocycles. The van der Waals surface area contributed by atoms with Crippen molar-refractivity contribution >= 4 is 28.8 Å². The molecule has 0 aliphatic heterocycles. The highest BCUT2D eigenvalue weighted by Crippen LogP contribution is 2.77. The van der Waals surface area contributed by atoms with Gasteiger partial charge in [-0.25, -0.2) is 9.78 Å². The molecule has 0 bridgehead atoms. The molecule has 0 radical (unpaired) electrons. The SMILES string of the molecule is C=C(C)C1CCC2(C(=O)NCc3nccs3)CCC3(C)C(CCC4C5(C)CC=C(c6ccc(C(=O)O)cc6)C(C)(C)C5CCC43C)C12. The van der Waals surface area contributed by atoms with Gasteiger partial charge in [0.15, 0.2) is 0 Å². The van der Waals surface area contributed by atoms with Gasteiger partial charge in [-0.05, 0) is 139 Å². The Bertz CT molecular complexity index is 1610. The highest BCUT2D eigenvalue weighted by Gasteiger charge is 2.71. The summed E-state index contributed by atoms with van der Waals surface area (Å²) in [6.45, 7) is 20.0. The van der Waals surface area contributed by atoms with E-state index < -0.39 is 5.97 Å². The number of nitrogens with zero attached hydrogens (tertiary/aromatic N) is 1. The third-order valence-electron chi connectivity index (χ3n) is 15.4. The van der Waals surface area contributed by atoms with Crippen LogP contribution in [0.3, 0.4) is 0 Å². The maximum Gasteiger partial charge on any atom is 0.335 e. The van der Waals surface area contributed by atoms with Crippen molar-refractivity contribution in [3.05, 3.63) is 70.2 Å². The standard InChI is InChI=1S/C41H54N2O3S/c1-25(2)28-14-19-41(36(46)43-24-33-42-22-23-47-33)21-20-39(6)30(34(28)41)12-13-32-38(5)17-15-29(26-8-10-27(11-9-26)35(44)45)37(3,4)31(38)16-18-40(32,39)7/h8-11,15,22-23,28,30-32,34H,1,12-14,16-21,24H2,2-7H3,(H,43,46)(H,44,45). The molecule has 5 aliphatic carbocycles. The number of nitrogens with one attached hydrogen (secondary N) is 1. The predicted octanol–water partition coefficient (Wildman–Crippen LogP) is 9.81. The Balaban J connectivity index is 1.21. The van der Waals surface area contributed by atoms with Gasteiger partial charge in [0.05, 0.1) is 17.5 Å². The van der Waals surface area contributed by atoms with Crippen LogP contribution in [0.1, 0.15) is 120 Å². The second-order valence-corrected chi connectivity index (χ2v) is 18.4. The summed E-state index contributed by atoms with van der Waals surface area (Å²) in [5, 5.41) is 15.8. The molecule has 1 amide bonds. The van der Waals surface area contributed by atoms with Crippen molar-refractivity contribution in [3.8, 4) is 0 Å². The highest BCUT2D eigenvalue weighted by molar-refractivity contribution is 7.09. The van der Waals surface area contributed by atoms with Crippen LogP contribution in [0.5, 0.6) is 0 Å². The number of carbonyl (C=O) groups excluding carboxylic acids is 1. The Morgan fingerprint density at radius 2 is 1.70 bits per heavy atom. The van der Waals surface area contributed by atoms with Gasteiger partial charge in [0, 0.05) is 11.6 Å². The van der Waals surface area contributed by atoms with Crippen LogP contribution in [0.15, 0.2) is 54.1 Å².